The van der Waals surface area contributed by atoms with Crippen LogP contribution in [0.25, 0.3) is 0 Å². The molecule has 6 heteroatoms. The number of aliphatic carboxylic acids is 1. The minimum atomic E-state index is -1.16. The molecule has 3 nitrogen and oxygen atoms in total. The molecule has 0 saturated heterocycles. The van der Waals surface area contributed by atoms with E-state index in [9.17, 15) is 13.6 Å². The van der Waals surface area contributed by atoms with E-state index in [1.165, 1.54) is 0 Å². The summed E-state index contributed by atoms with van der Waals surface area (Å²) in [5, 5.41) is 8.12. The van der Waals surface area contributed by atoms with Crippen molar-refractivity contribution in [3.05, 3.63) is 34.4 Å². The number of hydrogen-bond donors (Lipinski definition) is 2. The van der Waals surface area contributed by atoms with Crippen LogP contribution in [-0.4, -0.2) is 11.1 Å². The molecule has 0 spiro atoms. The number of nitrogens with two attached hydrogens (primary N) is 1. The highest BCUT2D eigenvalue weighted by Gasteiger charge is 2.17. The first-order valence-corrected chi connectivity index (χ1v) is 4.41. The van der Waals surface area contributed by atoms with Gasteiger partial charge in [-0.15, -0.1) is 0 Å². The van der Waals surface area contributed by atoms with Crippen LogP contribution < -0.4 is 5.73 Å². The zero-order chi connectivity index (χ0) is 11.6. The van der Waals surface area contributed by atoms with Crippen LogP contribution in [0.1, 0.15) is 18.0 Å². The minimum Gasteiger partial charge on any atom is -0.481 e. The van der Waals surface area contributed by atoms with Gasteiger partial charge >= 0.3 is 5.97 Å². The number of carbonyl (C=O) groups is 1. The minimum absolute atomic E-state index is 0.0448. The smallest absolute Gasteiger partial charge is 0.305 e. The van der Waals surface area contributed by atoms with E-state index < -0.39 is 30.1 Å². The van der Waals surface area contributed by atoms with Crippen molar-refractivity contribution in [3.63, 3.8) is 0 Å². The summed E-state index contributed by atoms with van der Waals surface area (Å²) in [6.07, 6.45) is -0.442. The molecule has 1 aromatic rings. The third-order valence-electron chi connectivity index (χ3n) is 1.82. The number of halogens is 3. The molecule has 1 atom stereocenters. The molecule has 0 aromatic heterocycles. The van der Waals surface area contributed by atoms with Gasteiger partial charge in [-0.05, 0) is 11.6 Å². The van der Waals surface area contributed by atoms with Crippen molar-refractivity contribution in [2.45, 2.75) is 12.5 Å². The maximum Gasteiger partial charge on any atom is 0.305 e. The maximum atomic E-state index is 13.0. The topological polar surface area (TPSA) is 63.3 Å². The molecule has 0 saturated carbocycles. The largest absolute Gasteiger partial charge is 0.481 e. The predicted molar refractivity (Wildman–Crippen MR) is 50.5 cm³/mol. The van der Waals surface area contributed by atoms with Gasteiger partial charge in [-0.25, -0.2) is 8.78 Å². The van der Waals surface area contributed by atoms with Gasteiger partial charge in [0.2, 0.25) is 0 Å². The van der Waals surface area contributed by atoms with E-state index in [1.807, 2.05) is 0 Å². The molecular weight excluding hydrogens is 228 g/mol. The second-order valence-corrected chi connectivity index (χ2v) is 3.37. The summed E-state index contributed by atoms with van der Waals surface area (Å²) in [5.41, 5.74) is 5.39. The van der Waals surface area contributed by atoms with Crippen molar-refractivity contribution < 1.29 is 18.7 Å². The van der Waals surface area contributed by atoms with E-state index >= 15 is 0 Å². The fourth-order valence-electron chi connectivity index (χ4n) is 1.14. The molecule has 0 amide bonds. The van der Waals surface area contributed by atoms with Crippen molar-refractivity contribution in [1.29, 1.82) is 0 Å². The summed E-state index contributed by atoms with van der Waals surface area (Å²) < 4.78 is 25.8. The zero-order valence-electron chi connectivity index (χ0n) is 7.51. The van der Waals surface area contributed by atoms with Crippen molar-refractivity contribution in [2.75, 3.05) is 0 Å². The van der Waals surface area contributed by atoms with Crippen molar-refractivity contribution in [2.24, 2.45) is 5.73 Å². The molecule has 0 radical (unpaired) electrons. The first kappa shape index (κ1) is 11.9. The van der Waals surface area contributed by atoms with E-state index in [-0.39, 0.29) is 10.6 Å². The van der Waals surface area contributed by atoms with Crippen LogP contribution in [0.5, 0.6) is 0 Å². The summed E-state index contributed by atoms with van der Waals surface area (Å²) in [6.45, 7) is 0. The van der Waals surface area contributed by atoms with E-state index in [4.69, 9.17) is 22.4 Å². The van der Waals surface area contributed by atoms with Gasteiger partial charge in [-0.3, -0.25) is 4.79 Å². The average Bonchev–Trinajstić information content (AvgIpc) is 2.09. The van der Waals surface area contributed by atoms with E-state index in [2.05, 4.69) is 0 Å². The summed E-state index contributed by atoms with van der Waals surface area (Å²) in [6, 6.07) is 0.512. The lowest BCUT2D eigenvalue weighted by Gasteiger charge is -2.11. The van der Waals surface area contributed by atoms with Gasteiger partial charge in [-0.1, -0.05) is 11.6 Å². The standard InChI is InChI=1S/C9H8ClF2NO2/c10-9-5(7(13)3-8(14)15)1-4(11)2-6(9)12/h1-2,7H,3,13H2,(H,14,15). The summed E-state index contributed by atoms with van der Waals surface area (Å²) in [4.78, 5) is 10.4. The first-order valence-electron chi connectivity index (χ1n) is 4.03. The molecule has 3 N–H and O–H groups in total. The molecule has 15 heavy (non-hydrogen) atoms. The Kier molecular flexibility index (Phi) is 3.60. The zero-order valence-corrected chi connectivity index (χ0v) is 8.26. The lowest BCUT2D eigenvalue weighted by atomic mass is 10.0. The molecule has 0 heterocycles. The Balaban J connectivity index is 3.07. The quantitative estimate of drug-likeness (QED) is 0.789. The van der Waals surface area contributed by atoms with Crippen LogP contribution in [0, 0.1) is 11.6 Å². The normalized spacial score (nSPS) is 12.5. The molecule has 0 aliphatic carbocycles. The molecule has 1 unspecified atom stereocenters. The van der Waals surface area contributed by atoms with E-state index in [0.717, 1.165) is 6.07 Å². The summed E-state index contributed by atoms with van der Waals surface area (Å²) >= 11 is 5.53. The highest BCUT2D eigenvalue weighted by atomic mass is 35.5. The van der Waals surface area contributed by atoms with Gasteiger partial charge in [0.05, 0.1) is 11.4 Å². The molecule has 0 fully saturated rings. The van der Waals surface area contributed by atoms with Gasteiger partial charge < -0.3 is 10.8 Å². The SMILES string of the molecule is NC(CC(=O)O)c1cc(F)cc(F)c1Cl. The van der Waals surface area contributed by atoms with Gasteiger partial charge in [0.15, 0.2) is 0 Å². The molecule has 0 aliphatic rings. The van der Waals surface area contributed by atoms with Crippen LogP contribution >= 0.6 is 11.6 Å². The Morgan fingerprint density at radius 3 is 2.67 bits per heavy atom. The number of rotatable bonds is 3. The number of carboxylic acids is 1. The molecule has 0 bridgehead atoms. The maximum absolute atomic E-state index is 13.0. The Bertz CT molecular complexity index is 398. The third kappa shape index (κ3) is 2.87. The van der Waals surface area contributed by atoms with E-state index in [0.29, 0.717) is 6.07 Å². The van der Waals surface area contributed by atoms with Crippen LogP contribution in [0.4, 0.5) is 8.78 Å². The summed E-state index contributed by atoms with van der Waals surface area (Å²) in [5.74, 6) is -2.96. The van der Waals surface area contributed by atoms with Crippen molar-refractivity contribution in [1.82, 2.24) is 0 Å². The number of hydrogen-bond acceptors (Lipinski definition) is 2. The molecule has 0 aliphatic heterocycles. The van der Waals surface area contributed by atoms with Gasteiger partial charge in [0.25, 0.3) is 0 Å². The molecule has 1 rings (SSSR count). The first-order chi connectivity index (χ1) is 6.91. The molecule has 1 aromatic carbocycles. The number of benzene rings is 1. The fraction of sp³-hybridized carbons (Fsp3) is 0.222. The van der Waals surface area contributed by atoms with Crippen LogP contribution in [0.3, 0.4) is 0 Å². The molecular formula is C9H8ClF2NO2. The van der Waals surface area contributed by atoms with Gasteiger partial charge in [0, 0.05) is 12.1 Å². The predicted octanol–water partition coefficient (Wildman–Crippen LogP) is 2.09. The highest BCUT2D eigenvalue weighted by Crippen LogP contribution is 2.27. The fourth-order valence-corrected chi connectivity index (χ4v) is 1.39. The van der Waals surface area contributed by atoms with Crippen molar-refractivity contribution in [3.8, 4) is 0 Å². The highest BCUT2D eigenvalue weighted by molar-refractivity contribution is 6.31. The van der Waals surface area contributed by atoms with Crippen LogP contribution in [0.15, 0.2) is 12.1 Å². The van der Waals surface area contributed by atoms with Crippen LogP contribution in [0.2, 0.25) is 5.02 Å². The average molecular weight is 236 g/mol. The number of carboxylic acid groups (broad SMARTS) is 1. The lowest BCUT2D eigenvalue weighted by Crippen LogP contribution is -2.16. The van der Waals surface area contributed by atoms with Crippen molar-refractivity contribution >= 4 is 17.6 Å². The van der Waals surface area contributed by atoms with Gasteiger partial charge in [-0.2, -0.15) is 0 Å². The molecule has 82 valence electrons. The lowest BCUT2D eigenvalue weighted by molar-refractivity contribution is -0.137. The Labute approximate surface area is 89.5 Å². The second kappa shape index (κ2) is 4.55. The summed E-state index contributed by atoms with van der Waals surface area (Å²) in [7, 11) is 0. The van der Waals surface area contributed by atoms with Gasteiger partial charge in [0.1, 0.15) is 11.6 Å². The monoisotopic (exact) mass is 235 g/mol. The van der Waals surface area contributed by atoms with E-state index in [1.54, 1.807) is 0 Å². The second-order valence-electron chi connectivity index (χ2n) is 3.00. The Hall–Kier alpha value is -1.20. The third-order valence-corrected chi connectivity index (χ3v) is 2.21. The Morgan fingerprint density at radius 2 is 2.13 bits per heavy atom. The van der Waals surface area contributed by atoms with Crippen LogP contribution in [-0.2, 0) is 4.79 Å². The Morgan fingerprint density at radius 1 is 1.53 bits per heavy atom.